The first-order chi connectivity index (χ1) is 9.06. The van der Waals surface area contributed by atoms with Gasteiger partial charge in [-0.05, 0) is 37.3 Å². The lowest BCUT2D eigenvalue weighted by Gasteiger charge is -2.03. The van der Waals surface area contributed by atoms with E-state index in [-0.39, 0.29) is 5.78 Å². The van der Waals surface area contributed by atoms with Crippen LogP contribution in [0.25, 0.3) is 0 Å². The molecule has 0 saturated carbocycles. The molecule has 1 aromatic heterocycles. The lowest BCUT2D eigenvalue weighted by molar-refractivity contribution is 0.102. The summed E-state index contributed by atoms with van der Waals surface area (Å²) in [5.41, 5.74) is 0.726. The summed E-state index contributed by atoms with van der Waals surface area (Å²) in [4.78, 5) is 11.7. The van der Waals surface area contributed by atoms with Crippen molar-refractivity contribution in [1.82, 2.24) is 0 Å². The predicted molar refractivity (Wildman–Crippen MR) is 79.7 cm³/mol. The molecular weight excluding hydrogens is 330 g/mol. The zero-order valence-electron chi connectivity index (χ0n) is 10.1. The fraction of sp³-hybridized carbons (Fsp3) is 0.0714. The Balaban J connectivity index is 2.02. The largest absolute Gasteiger partial charge is 0.458 e. The Labute approximate surface area is 124 Å². The molecule has 1 N–H and O–H groups in total. The number of rotatable bonds is 4. The highest BCUT2D eigenvalue weighted by Crippen LogP contribution is 2.25. The van der Waals surface area contributed by atoms with Gasteiger partial charge in [0, 0.05) is 16.7 Å². The summed E-state index contributed by atoms with van der Waals surface area (Å²) < 4.78 is 6.12. The molecule has 2 rings (SSSR count). The predicted octanol–water partition coefficient (Wildman–Crippen LogP) is 4.81. The van der Waals surface area contributed by atoms with Gasteiger partial charge in [0.2, 0.25) is 5.78 Å². The van der Waals surface area contributed by atoms with E-state index < -0.39 is 0 Å². The van der Waals surface area contributed by atoms with E-state index in [0.717, 1.165) is 10.2 Å². The van der Waals surface area contributed by atoms with Crippen LogP contribution in [-0.2, 0) is 0 Å². The van der Waals surface area contributed by atoms with Gasteiger partial charge in [0.25, 0.3) is 0 Å². The molecule has 2 aromatic rings. The Hall–Kier alpha value is -1.52. The first-order valence-corrected chi connectivity index (χ1v) is 6.72. The molecule has 98 valence electrons. The topological polar surface area (TPSA) is 42.2 Å². The second-order valence-corrected chi connectivity index (χ2v) is 5.20. The number of ketones is 1. The number of allylic oxidation sites excluding steroid dienone is 1. The van der Waals surface area contributed by atoms with Crippen molar-refractivity contribution in [2.75, 3.05) is 5.32 Å². The van der Waals surface area contributed by atoms with Crippen molar-refractivity contribution in [2.45, 2.75) is 6.92 Å². The van der Waals surface area contributed by atoms with Crippen molar-refractivity contribution in [2.24, 2.45) is 0 Å². The van der Waals surface area contributed by atoms with Crippen molar-refractivity contribution in [3.05, 3.63) is 63.6 Å². The molecule has 1 aromatic carbocycles. The maximum Gasteiger partial charge on any atom is 0.222 e. The maximum absolute atomic E-state index is 11.7. The first-order valence-electron chi connectivity index (χ1n) is 5.55. The van der Waals surface area contributed by atoms with Gasteiger partial charge in [0.1, 0.15) is 5.76 Å². The van der Waals surface area contributed by atoms with E-state index in [4.69, 9.17) is 16.0 Å². The molecule has 0 saturated heterocycles. The third kappa shape index (κ3) is 3.72. The third-order valence-corrected chi connectivity index (χ3v) is 3.19. The SMILES string of the molecule is Cc1ccc(C(=O)/C=C/Nc2ccc(Br)cc2Cl)o1. The number of anilines is 1. The van der Waals surface area contributed by atoms with E-state index in [1.54, 1.807) is 25.1 Å². The van der Waals surface area contributed by atoms with Crippen LogP contribution in [-0.4, -0.2) is 5.78 Å². The summed E-state index contributed by atoms with van der Waals surface area (Å²) in [6, 6.07) is 8.85. The molecule has 0 radical (unpaired) electrons. The van der Waals surface area contributed by atoms with Crippen molar-refractivity contribution >= 4 is 39.0 Å². The average Bonchev–Trinajstić information content (AvgIpc) is 2.78. The lowest BCUT2D eigenvalue weighted by Crippen LogP contribution is -1.94. The van der Waals surface area contributed by atoms with E-state index in [2.05, 4.69) is 21.2 Å². The van der Waals surface area contributed by atoms with Gasteiger partial charge in [-0.2, -0.15) is 0 Å². The molecule has 5 heteroatoms. The molecule has 0 fully saturated rings. The monoisotopic (exact) mass is 339 g/mol. The molecule has 0 aliphatic rings. The molecule has 0 aliphatic heterocycles. The number of halogens is 2. The highest BCUT2D eigenvalue weighted by molar-refractivity contribution is 9.10. The van der Waals surface area contributed by atoms with E-state index in [9.17, 15) is 4.79 Å². The maximum atomic E-state index is 11.7. The number of benzene rings is 1. The Kier molecular flexibility index (Phi) is 4.45. The Morgan fingerprint density at radius 3 is 2.79 bits per heavy atom. The van der Waals surface area contributed by atoms with Crippen molar-refractivity contribution < 1.29 is 9.21 Å². The molecular formula is C14H11BrClNO2. The highest BCUT2D eigenvalue weighted by atomic mass is 79.9. The molecule has 0 atom stereocenters. The lowest BCUT2D eigenvalue weighted by atomic mass is 10.3. The van der Waals surface area contributed by atoms with Crippen LogP contribution < -0.4 is 5.32 Å². The van der Waals surface area contributed by atoms with Crippen molar-refractivity contribution in [3.8, 4) is 0 Å². The van der Waals surface area contributed by atoms with Gasteiger partial charge < -0.3 is 9.73 Å². The summed E-state index contributed by atoms with van der Waals surface area (Å²) in [7, 11) is 0. The smallest absolute Gasteiger partial charge is 0.222 e. The van der Waals surface area contributed by atoms with Crippen LogP contribution in [0.2, 0.25) is 5.02 Å². The van der Waals surface area contributed by atoms with Crippen LogP contribution >= 0.6 is 27.5 Å². The van der Waals surface area contributed by atoms with Crippen molar-refractivity contribution in [1.29, 1.82) is 0 Å². The Morgan fingerprint density at radius 2 is 2.16 bits per heavy atom. The quantitative estimate of drug-likeness (QED) is 0.641. The second-order valence-electron chi connectivity index (χ2n) is 3.88. The van der Waals surface area contributed by atoms with Crippen LogP contribution in [0, 0.1) is 6.92 Å². The van der Waals surface area contributed by atoms with Crippen LogP contribution in [0.1, 0.15) is 16.3 Å². The first kappa shape index (κ1) is 13.9. The minimum absolute atomic E-state index is 0.200. The molecule has 0 aliphatic carbocycles. The highest BCUT2D eigenvalue weighted by Gasteiger charge is 2.05. The third-order valence-electron chi connectivity index (χ3n) is 2.39. The van der Waals surface area contributed by atoms with Gasteiger partial charge in [-0.25, -0.2) is 0 Å². The van der Waals surface area contributed by atoms with Gasteiger partial charge in [0.05, 0.1) is 10.7 Å². The Morgan fingerprint density at radius 1 is 1.37 bits per heavy atom. The molecule has 3 nitrogen and oxygen atoms in total. The van der Waals surface area contributed by atoms with Gasteiger partial charge in [-0.15, -0.1) is 0 Å². The van der Waals surface area contributed by atoms with Gasteiger partial charge in [-0.3, -0.25) is 4.79 Å². The van der Waals surface area contributed by atoms with Crippen LogP contribution in [0.5, 0.6) is 0 Å². The summed E-state index contributed by atoms with van der Waals surface area (Å²) in [5, 5.41) is 3.52. The standard InChI is InChI=1S/C14H11BrClNO2/c1-9-2-5-14(19-9)13(18)6-7-17-12-4-3-10(15)8-11(12)16/h2-8,17H,1H3/b7-6+. The van der Waals surface area contributed by atoms with Gasteiger partial charge >= 0.3 is 0 Å². The van der Waals surface area contributed by atoms with Crippen LogP contribution in [0.15, 0.2) is 51.5 Å². The van der Waals surface area contributed by atoms with E-state index in [1.807, 2.05) is 12.1 Å². The van der Waals surface area contributed by atoms with E-state index in [0.29, 0.717) is 16.5 Å². The number of furan rings is 1. The number of carbonyl (C=O) groups is 1. The van der Waals surface area contributed by atoms with E-state index >= 15 is 0 Å². The molecule has 1 heterocycles. The number of aryl methyl sites for hydroxylation is 1. The fourth-order valence-electron chi connectivity index (χ4n) is 1.46. The van der Waals surface area contributed by atoms with Crippen molar-refractivity contribution in [3.63, 3.8) is 0 Å². The normalized spacial score (nSPS) is 10.9. The zero-order chi connectivity index (χ0) is 13.8. The molecule has 0 bridgehead atoms. The number of hydrogen-bond donors (Lipinski definition) is 1. The van der Waals surface area contributed by atoms with Crippen LogP contribution in [0.4, 0.5) is 5.69 Å². The number of carbonyl (C=O) groups excluding carboxylic acids is 1. The molecule has 0 unspecified atom stereocenters. The van der Waals surface area contributed by atoms with Crippen LogP contribution in [0.3, 0.4) is 0 Å². The fourth-order valence-corrected chi connectivity index (χ4v) is 2.19. The van der Waals surface area contributed by atoms with Gasteiger partial charge in [0.15, 0.2) is 5.76 Å². The summed E-state index contributed by atoms with van der Waals surface area (Å²) in [6.45, 7) is 1.79. The van der Waals surface area contributed by atoms with Gasteiger partial charge in [-0.1, -0.05) is 27.5 Å². The molecule has 0 spiro atoms. The minimum Gasteiger partial charge on any atom is -0.458 e. The Bertz CT molecular complexity index is 634. The van der Waals surface area contributed by atoms with E-state index in [1.165, 1.54) is 12.3 Å². The zero-order valence-corrected chi connectivity index (χ0v) is 12.5. The summed E-state index contributed by atoms with van der Waals surface area (Å²) in [5.74, 6) is 0.826. The molecule has 19 heavy (non-hydrogen) atoms. The summed E-state index contributed by atoms with van der Waals surface area (Å²) in [6.07, 6.45) is 2.94. The number of nitrogens with one attached hydrogen (secondary N) is 1. The minimum atomic E-state index is -0.200. The summed E-state index contributed by atoms with van der Waals surface area (Å²) >= 11 is 9.36. The average molecular weight is 341 g/mol. The number of hydrogen-bond acceptors (Lipinski definition) is 3. The second kappa shape index (κ2) is 6.08. The molecule has 0 amide bonds.